The molecule has 6 nitrogen and oxygen atoms in total. The van der Waals surface area contributed by atoms with Gasteiger partial charge in [-0.3, -0.25) is 4.79 Å². The van der Waals surface area contributed by atoms with Gasteiger partial charge in [-0.1, -0.05) is 36.5 Å². The summed E-state index contributed by atoms with van der Waals surface area (Å²) in [6.07, 6.45) is 1.41. The Morgan fingerprint density at radius 2 is 1.76 bits per heavy atom. The lowest BCUT2D eigenvalue weighted by atomic mass is 10.1. The van der Waals surface area contributed by atoms with Crippen molar-refractivity contribution >= 4 is 33.1 Å². The molecule has 0 heterocycles. The van der Waals surface area contributed by atoms with E-state index < -0.39 is 10.0 Å². The number of sulfonamides is 1. The minimum Gasteiger partial charge on any atom is -0.389 e. The maximum absolute atomic E-state index is 11.9. The zero-order valence-electron chi connectivity index (χ0n) is 11.5. The molecular weight excluding hydrogens is 310 g/mol. The predicted molar refractivity (Wildman–Crippen MR) is 86.0 cm³/mol. The van der Waals surface area contributed by atoms with Gasteiger partial charge in [0, 0.05) is 18.5 Å². The Morgan fingerprint density at radius 3 is 2.29 bits per heavy atom. The number of rotatable bonds is 9. The number of amides is 1. The van der Waals surface area contributed by atoms with Crippen LogP contribution in [0.15, 0.2) is 24.3 Å². The van der Waals surface area contributed by atoms with Gasteiger partial charge in [0.25, 0.3) is 0 Å². The first-order chi connectivity index (χ1) is 9.80. The van der Waals surface area contributed by atoms with Crippen molar-refractivity contribution in [2.75, 3.05) is 6.54 Å². The van der Waals surface area contributed by atoms with Crippen molar-refractivity contribution < 1.29 is 13.2 Å². The van der Waals surface area contributed by atoms with Gasteiger partial charge in [0.1, 0.15) is 4.99 Å². The Balaban J connectivity index is 2.44. The van der Waals surface area contributed by atoms with Crippen molar-refractivity contribution in [3.8, 4) is 0 Å². The predicted octanol–water partition coefficient (Wildman–Crippen LogP) is 0.396. The summed E-state index contributed by atoms with van der Waals surface area (Å²) in [4.78, 5) is 10.8. The van der Waals surface area contributed by atoms with E-state index in [9.17, 15) is 13.2 Å². The second kappa shape index (κ2) is 8.06. The molecule has 0 fully saturated rings. The van der Waals surface area contributed by atoms with Crippen LogP contribution < -0.4 is 16.2 Å². The molecule has 1 amide bonds. The summed E-state index contributed by atoms with van der Waals surface area (Å²) in [6.45, 7) is 0.292. The number of unbranched alkanes of at least 4 members (excludes halogenated alkanes) is 1. The number of hydrogen-bond acceptors (Lipinski definition) is 4. The molecular formula is C13H19N3O3S2. The van der Waals surface area contributed by atoms with Crippen LogP contribution in [0.25, 0.3) is 0 Å². The van der Waals surface area contributed by atoms with E-state index in [0.29, 0.717) is 30.5 Å². The number of thiocarbonyl (C=S) groups is 1. The molecule has 0 saturated carbocycles. The normalized spacial score (nSPS) is 11.2. The van der Waals surface area contributed by atoms with Crippen LogP contribution in [0.1, 0.15) is 30.4 Å². The average Bonchev–Trinajstić information content (AvgIpc) is 2.38. The molecule has 0 aliphatic heterocycles. The third-order valence-electron chi connectivity index (χ3n) is 2.77. The lowest BCUT2D eigenvalue weighted by Gasteiger charge is -2.07. The van der Waals surface area contributed by atoms with Gasteiger partial charge in [-0.2, -0.15) is 0 Å². The van der Waals surface area contributed by atoms with Gasteiger partial charge in [0.05, 0.1) is 5.75 Å². The zero-order valence-corrected chi connectivity index (χ0v) is 13.2. The van der Waals surface area contributed by atoms with Crippen LogP contribution in [0.5, 0.6) is 0 Å². The summed E-state index contributed by atoms with van der Waals surface area (Å²) in [7, 11) is -3.40. The number of nitrogens with one attached hydrogen (secondary N) is 1. The van der Waals surface area contributed by atoms with E-state index in [2.05, 4.69) is 4.72 Å². The lowest BCUT2D eigenvalue weighted by molar-refractivity contribution is -0.118. The molecule has 116 valence electrons. The molecule has 0 atom stereocenters. The number of carbonyl (C=O) groups excluding carboxylic acids is 1. The second-order valence-electron chi connectivity index (χ2n) is 4.64. The van der Waals surface area contributed by atoms with E-state index in [1.165, 1.54) is 0 Å². The molecule has 21 heavy (non-hydrogen) atoms. The highest BCUT2D eigenvalue weighted by Gasteiger charge is 2.11. The quantitative estimate of drug-likeness (QED) is 0.448. The number of hydrogen-bond donors (Lipinski definition) is 3. The minimum atomic E-state index is -3.40. The molecule has 0 radical (unpaired) electrons. The maximum Gasteiger partial charge on any atom is 0.217 e. The van der Waals surface area contributed by atoms with E-state index >= 15 is 0 Å². The lowest BCUT2D eigenvalue weighted by Crippen LogP contribution is -2.26. The fourth-order valence-corrected chi connectivity index (χ4v) is 3.01. The summed E-state index contributed by atoms with van der Waals surface area (Å²) in [5.41, 5.74) is 11.8. The molecule has 1 aromatic carbocycles. The Labute approximate surface area is 129 Å². The number of nitrogens with two attached hydrogens (primary N) is 2. The Hall–Kier alpha value is -1.51. The summed E-state index contributed by atoms with van der Waals surface area (Å²) in [5, 5.41) is 0. The van der Waals surface area contributed by atoms with E-state index in [-0.39, 0.29) is 23.1 Å². The van der Waals surface area contributed by atoms with E-state index in [1.807, 2.05) is 0 Å². The van der Waals surface area contributed by atoms with Crippen molar-refractivity contribution in [2.24, 2.45) is 11.5 Å². The smallest absolute Gasteiger partial charge is 0.217 e. The van der Waals surface area contributed by atoms with Gasteiger partial charge in [-0.05, 0) is 18.4 Å². The summed E-state index contributed by atoms with van der Waals surface area (Å²) in [5.74, 6) is -0.490. The van der Waals surface area contributed by atoms with Crippen LogP contribution >= 0.6 is 12.2 Å². The highest BCUT2D eigenvalue weighted by molar-refractivity contribution is 7.88. The van der Waals surface area contributed by atoms with Gasteiger partial charge < -0.3 is 11.5 Å². The van der Waals surface area contributed by atoms with Gasteiger partial charge in [-0.15, -0.1) is 0 Å². The molecule has 1 rings (SSSR count). The molecule has 0 saturated heterocycles. The topological polar surface area (TPSA) is 115 Å². The van der Waals surface area contributed by atoms with Crippen molar-refractivity contribution in [1.82, 2.24) is 4.72 Å². The fraction of sp³-hybridized carbons (Fsp3) is 0.385. The third-order valence-corrected chi connectivity index (χ3v) is 4.36. The average molecular weight is 329 g/mol. The Morgan fingerprint density at radius 1 is 1.14 bits per heavy atom. The van der Waals surface area contributed by atoms with Crippen LogP contribution in [-0.4, -0.2) is 25.9 Å². The summed E-state index contributed by atoms with van der Waals surface area (Å²) in [6, 6.07) is 6.75. The standard InChI is InChI=1S/C13H19N3O3S2/c14-12(17)3-1-2-8-16-21(18,19)9-10-4-6-11(7-5-10)13(15)20/h4-7,16H,1-3,8-9H2,(H2,14,17)(H2,15,20). The zero-order chi connectivity index (χ0) is 15.9. The van der Waals surface area contributed by atoms with Crippen LogP contribution in [0.4, 0.5) is 0 Å². The van der Waals surface area contributed by atoms with Crippen molar-refractivity contribution in [1.29, 1.82) is 0 Å². The Bertz CT molecular complexity index is 598. The number of carbonyl (C=O) groups is 1. The molecule has 0 unspecified atom stereocenters. The molecule has 1 aromatic rings. The van der Waals surface area contributed by atoms with Crippen LogP contribution in [-0.2, 0) is 20.6 Å². The van der Waals surface area contributed by atoms with Gasteiger partial charge in [-0.25, -0.2) is 13.1 Å². The molecule has 0 aliphatic rings. The summed E-state index contributed by atoms with van der Waals surface area (Å²) >= 11 is 4.83. The highest BCUT2D eigenvalue weighted by atomic mass is 32.2. The largest absolute Gasteiger partial charge is 0.389 e. The van der Waals surface area contributed by atoms with Crippen molar-refractivity contribution in [3.05, 3.63) is 35.4 Å². The van der Waals surface area contributed by atoms with Crippen LogP contribution in [0.3, 0.4) is 0 Å². The monoisotopic (exact) mass is 329 g/mol. The minimum absolute atomic E-state index is 0.111. The first-order valence-corrected chi connectivity index (χ1v) is 8.50. The Kier molecular flexibility index (Phi) is 6.73. The molecule has 0 aliphatic carbocycles. The van der Waals surface area contributed by atoms with E-state index in [1.54, 1.807) is 24.3 Å². The first kappa shape index (κ1) is 17.5. The second-order valence-corrected chi connectivity index (χ2v) is 6.88. The van der Waals surface area contributed by atoms with Crippen LogP contribution in [0, 0.1) is 0 Å². The van der Waals surface area contributed by atoms with E-state index in [4.69, 9.17) is 23.7 Å². The van der Waals surface area contributed by atoms with Gasteiger partial charge in [0.15, 0.2) is 0 Å². The molecule has 0 spiro atoms. The number of primary amides is 1. The molecule has 0 bridgehead atoms. The van der Waals surface area contributed by atoms with Gasteiger partial charge >= 0.3 is 0 Å². The van der Waals surface area contributed by atoms with Gasteiger partial charge in [0.2, 0.25) is 15.9 Å². The molecule has 0 aromatic heterocycles. The van der Waals surface area contributed by atoms with Crippen molar-refractivity contribution in [2.45, 2.75) is 25.0 Å². The summed E-state index contributed by atoms with van der Waals surface area (Å²) < 4.78 is 26.2. The van der Waals surface area contributed by atoms with E-state index in [0.717, 1.165) is 0 Å². The van der Waals surface area contributed by atoms with Crippen LogP contribution in [0.2, 0.25) is 0 Å². The molecule has 8 heteroatoms. The highest BCUT2D eigenvalue weighted by Crippen LogP contribution is 2.08. The van der Waals surface area contributed by atoms with Crippen molar-refractivity contribution in [3.63, 3.8) is 0 Å². The first-order valence-electron chi connectivity index (χ1n) is 6.44. The third kappa shape index (κ3) is 7.16. The number of benzene rings is 1. The molecule has 5 N–H and O–H groups in total. The fourth-order valence-electron chi connectivity index (χ4n) is 1.69. The maximum atomic E-state index is 11.9. The SMILES string of the molecule is NC(=O)CCCCNS(=O)(=O)Cc1ccc(C(N)=S)cc1.